The Morgan fingerprint density at radius 2 is 1.90 bits per heavy atom. The van der Waals surface area contributed by atoms with Crippen molar-refractivity contribution in [3.05, 3.63) is 76.3 Å². The Kier molecular flexibility index (Phi) is 6.75. The summed E-state index contributed by atoms with van der Waals surface area (Å²) in [4.78, 5) is 7.37. The van der Waals surface area contributed by atoms with E-state index >= 15 is 0 Å². The van der Waals surface area contributed by atoms with Gasteiger partial charge in [0, 0.05) is 11.4 Å². The number of nitrogens with zero attached hydrogens (tertiary/aromatic N) is 1. The van der Waals surface area contributed by atoms with Crippen LogP contribution in [0.2, 0.25) is 5.02 Å². The standard InChI is InChI=1S/C19H14ClFN2O.C5H12/c1-11-5-6-13(20)9-12(11)10-14-7-8-17(24-14)19-22-16-4-2-3-15(21)18(16)23-19;1-4-5(2)3/h2-9H,10H2,1H3,(H,22,23);5H,4H2,1-3H3. The van der Waals surface area contributed by atoms with E-state index in [4.69, 9.17) is 16.0 Å². The molecule has 0 saturated heterocycles. The van der Waals surface area contributed by atoms with Gasteiger partial charge in [0.15, 0.2) is 17.4 Å². The summed E-state index contributed by atoms with van der Waals surface area (Å²) in [7, 11) is 0. The molecule has 0 spiro atoms. The fourth-order valence-corrected chi connectivity index (χ4v) is 2.93. The number of aromatic nitrogens is 2. The maximum absolute atomic E-state index is 13.8. The van der Waals surface area contributed by atoms with Crippen LogP contribution < -0.4 is 0 Å². The first-order valence-corrected chi connectivity index (χ1v) is 10.2. The minimum atomic E-state index is -0.351. The molecule has 0 aliphatic rings. The van der Waals surface area contributed by atoms with Gasteiger partial charge in [-0.3, -0.25) is 0 Å². The molecule has 4 aromatic rings. The highest BCUT2D eigenvalue weighted by atomic mass is 35.5. The molecule has 0 unspecified atom stereocenters. The highest BCUT2D eigenvalue weighted by molar-refractivity contribution is 6.30. The Morgan fingerprint density at radius 3 is 2.59 bits per heavy atom. The van der Waals surface area contributed by atoms with E-state index in [9.17, 15) is 4.39 Å². The van der Waals surface area contributed by atoms with Crippen LogP contribution in [0.25, 0.3) is 22.6 Å². The van der Waals surface area contributed by atoms with Gasteiger partial charge >= 0.3 is 0 Å². The zero-order chi connectivity index (χ0) is 21.0. The van der Waals surface area contributed by atoms with Gasteiger partial charge in [0.05, 0.1) is 5.52 Å². The molecule has 152 valence electrons. The van der Waals surface area contributed by atoms with E-state index < -0.39 is 0 Å². The van der Waals surface area contributed by atoms with Crippen molar-refractivity contribution in [1.82, 2.24) is 9.97 Å². The number of imidazole rings is 1. The zero-order valence-corrected chi connectivity index (χ0v) is 18.0. The van der Waals surface area contributed by atoms with E-state index in [0.29, 0.717) is 34.1 Å². The van der Waals surface area contributed by atoms with Gasteiger partial charge in [-0.25, -0.2) is 9.37 Å². The van der Waals surface area contributed by atoms with Gasteiger partial charge in [-0.1, -0.05) is 50.9 Å². The fourth-order valence-electron chi connectivity index (χ4n) is 2.73. The topological polar surface area (TPSA) is 41.8 Å². The summed E-state index contributed by atoms with van der Waals surface area (Å²) in [5.74, 6) is 2.44. The van der Waals surface area contributed by atoms with Gasteiger partial charge < -0.3 is 9.40 Å². The number of halogens is 2. The van der Waals surface area contributed by atoms with Crippen LogP contribution in [-0.4, -0.2) is 9.97 Å². The van der Waals surface area contributed by atoms with Crippen LogP contribution in [0.4, 0.5) is 4.39 Å². The van der Waals surface area contributed by atoms with Crippen molar-refractivity contribution in [2.75, 3.05) is 0 Å². The molecular weight excluding hydrogens is 387 g/mol. The number of aromatic amines is 1. The lowest BCUT2D eigenvalue weighted by Gasteiger charge is -2.04. The second-order valence-corrected chi connectivity index (χ2v) is 7.97. The average molecular weight is 413 g/mol. The second-order valence-electron chi connectivity index (χ2n) is 7.54. The van der Waals surface area contributed by atoms with Crippen molar-refractivity contribution in [2.45, 2.75) is 40.5 Å². The van der Waals surface area contributed by atoms with Crippen LogP contribution in [0.15, 0.2) is 52.9 Å². The third-order valence-electron chi connectivity index (χ3n) is 4.85. The molecule has 0 saturated carbocycles. The van der Waals surface area contributed by atoms with Crippen LogP contribution in [0, 0.1) is 18.7 Å². The summed E-state index contributed by atoms with van der Waals surface area (Å²) in [5, 5.41) is 0.704. The van der Waals surface area contributed by atoms with Crippen LogP contribution in [0.1, 0.15) is 44.1 Å². The van der Waals surface area contributed by atoms with Crippen molar-refractivity contribution in [3.63, 3.8) is 0 Å². The van der Waals surface area contributed by atoms with Gasteiger partial charge in [-0.2, -0.15) is 0 Å². The molecule has 29 heavy (non-hydrogen) atoms. The van der Waals surface area contributed by atoms with E-state index in [1.54, 1.807) is 12.1 Å². The van der Waals surface area contributed by atoms with Crippen molar-refractivity contribution in [3.8, 4) is 11.6 Å². The molecule has 2 aromatic heterocycles. The third kappa shape index (κ3) is 5.27. The van der Waals surface area contributed by atoms with Crippen LogP contribution in [0.5, 0.6) is 0 Å². The lowest BCUT2D eigenvalue weighted by molar-refractivity contribution is 0.531. The lowest BCUT2D eigenvalue weighted by atomic mass is 10.0. The molecule has 0 atom stereocenters. The van der Waals surface area contributed by atoms with Crippen molar-refractivity contribution in [1.29, 1.82) is 0 Å². The molecule has 4 rings (SSSR count). The van der Waals surface area contributed by atoms with Crippen LogP contribution >= 0.6 is 11.6 Å². The number of hydrogen-bond donors (Lipinski definition) is 1. The number of furan rings is 1. The molecule has 0 bridgehead atoms. The first-order valence-electron chi connectivity index (χ1n) is 9.85. The van der Waals surface area contributed by atoms with Gasteiger partial charge in [-0.05, 0) is 60.4 Å². The second kappa shape index (κ2) is 9.27. The average Bonchev–Trinajstić information content (AvgIpc) is 3.33. The number of nitrogens with one attached hydrogen (secondary N) is 1. The first kappa shape index (κ1) is 21.1. The van der Waals surface area contributed by atoms with Crippen LogP contribution in [-0.2, 0) is 6.42 Å². The van der Waals surface area contributed by atoms with E-state index in [2.05, 4.69) is 30.7 Å². The van der Waals surface area contributed by atoms with Crippen LogP contribution in [0.3, 0.4) is 0 Å². The molecule has 3 nitrogen and oxygen atoms in total. The molecule has 2 heterocycles. The smallest absolute Gasteiger partial charge is 0.174 e. The number of para-hydroxylation sites is 1. The summed E-state index contributed by atoms with van der Waals surface area (Å²) >= 11 is 6.06. The number of benzene rings is 2. The molecule has 0 aliphatic heterocycles. The minimum absolute atomic E-state index is 0.316. The normalized spacial score (nSPS) is 11.0. The van der Waals surface area contributed by atoms with Gasteiger partial charge in [-0.15, -0.1) is 0 Å². The highest BCUT2D eigenvalue weighted by Gasteiger charge is 2.13. The lowest BCUT2D eigenvalue weighted by Crippen LogP contribution is -1.90. The number of hydrogen-bond acceptors (Lipinski definition) is 2. The monoisotopic (exact) mass is 412 g/mol. The summed E-state index contributed by atoms with van der Waals surface area (Å²) in [6.45, 7) is 8.68. The predicted octanol–water partition coefficient (Wildman–Crippen LogP) is 7.57. The van der Waals surface area contributed by atoms with Gasteiger partial charge in [0.1, 0.15) is 11.3 Å². The third-order valence-corrected chi connectivity index (χ3v) is 5.09. The maximum atomic E-state index is 13.8. The van der Waals surface area contributed by atoms with Gasteiger partial charge in [0.25, 0.3) is 0 Å². The predicted molar refractivity (Wildman–Crippen MR) is 118 cm³/mol. The Balaban J connectivity index is 0.000000431. The molecule has 0 amide bonds. The van der Waals surface area contributed by atoms with Crippen molar-refractivity contribution < 1.29 is 8.81 Å². The molecule has 0 radical (unpaired) electrons. The Hall–Kier alpha value is -2.59. The number of rotatable bonds is 4. The van der Waals surface area contributed by atoms with E-state index in [1.165, 1.54) is 12.5 Å². The summed E-state index contributed by atoms with van der Waals surface area (Å²) < 4.78 is 19.6. The molecule has 0 fully saturated rings. The van der Waals surface area contributed by atoms with Gasteiger partial charge in [0.2, 0.25) is 0 Å². The van der Waals surface area contributed by atoms with Crippen molar-refractivity contribution >= 4 is 22.6 Å². The summed E-state index contributed by atoms with van der Waals surface area (Å²) in [6.07, 6.45) is 1.95. The summed E-state index contributed by atoms with van der Waals surface area (Å²) in [5.41, 5.74) is 3.23. The zero-order valence-electron chi connectivity index (χ0n) is 17.2. The minimum Gasteiger partial charge on any atom is -0.457 e. The quantitative estimate of drug-likeness (QED) is 0.375. The first-order chi connectivity index (χ1) is 13.9. The fraction of sp³-hybridized carbons (Fsp3) is 0.292. The largest absolute Gasteiger partial charge is 0.457 e. The number of aryl methyl sites for hydroxylation is 1. The number of fused-ring (bicyclic) bond motifs is 1. The van der Waals surface area contributed by atoms with E-state index in [1.807, 2.05) is 37.3 Å². The van der Waals surface area contributed by atoms with E-state index in [0.717, 1.165) is 22.8 Å². The van der Waals surface area contributed by atoms with Crippen molar-refractivity contribution in [2.24, 2.45) is 5.92 Å². The van der Waals surface area contributed by atoms with E-state index in [-0.39, 0.29) is 5.82 Å². The molecular formula is C24H26ClFN2O. The molecule has 2 aromatic carbocycles. The SMILES string of the molecule is CCC(C)C.Cc1ccc(Cl)cc1Cc1ccc(-c2nc3c(F)cccc3[nH]2)o1. The summed E-state index contributed by atoms with van der Waals surface area (Å²) in [6, 6.07) is 14.4. The maximum Gasteiger partial charge on any atom is 0.174 e. The number of H-pyrrole nitrogens is 1. The highest BCUT2D eigenvalue weighted by Crippen LogP contribution is 2.26. The molecule has 5 heteroatoms. The Labute approximate surface area is 175 Å². The Morgan fingerprint density at radius 1 is 1.14 bits per heavy atom. The molecule has 0 aliphatic carbocycles. The molecule has 1 N–H and O–H groups in total. The Bertz CT molecular complexity index is 1100.